The van der Waals surface area contributed by atoms with Gasteiger partial charge in [-0.2, -0.15) is 5.26 Å². The highest BCUT2D eigenvalue weighted by Crippen LogP contribution is 2.15. The summed E-state index contributed by atoms with van der Waals surface area (Å²) in [6.07, 6.45) is 3.07. The van der Waals surface area contributed by atoms with Gasteiger partial charge in [-0.15, -0.1) is 0 Å². The van der Waals surface area contributed by atoms with Crippen LogP contribution >= 0.6 is 0 Å². The summed E-state index contributed by atoms with van der Waals surface area (Å²) in [6.45, 7) is 4.12. The minimum absolute atomic E-state index is 0.0826. The monoisotopic (exact) mass is 330 g/mol. The molecule has 3 N–H and O–H groups in total. The van der Waals surface area contributed by atoms with Crippen molar-refractivity contribution >= 4 is 11.8 Å². The molecule has 2 heterocycles. The van der Waals surface area contributed by atoms with Gasteiger partial charge >= 0.3 is 0 Å². The number of pyridine rings is 1. The summed E-state index contributed by atoms with van der Waals surface area (Å²) in [4.78, 5) is 38.4. The molecule has 1 aliphatic rings. The van der Waals surface area contributed by atoms with Crippen molar-refractivity contribution in [2.45, 2.75) is 52.0 Å². The van der Waals surface area contributed by atoms with Crippen LogP contribution in [-0.2, 0) is 16.0 Å². The number of carbonyl (C=O) groups excluding carboxylic acids is 2. The van der Waals surface area contributed by atoms with E-state index in [0.717, 1.165) is 18.4 Å². The van der Waals surface area contributed by atoms with Crippen LogP contribution in [0, 0.1) is 25.2 Å². The zero-order chi connectivity index (χ0) is 17.7. The summed E-state index contributed by atoms with van der Waals surface area (Å²) >= 11 is 0. The van der Waals surface area contributed by atoms with Gasteiger partial charge in [0.05, 0.1) is 0 Å². The van der Waals surface area contributed by atoms with Crippen LogP contribution in [-0.4, -0.2) is 29.4 Å². The molecule has 0 unspecified atom stereocenters. The number of aromatic amines is 1. The molecule has 0 radical (unpaired) electrons. The summed E-state index contributed by atoms with van der Waals surface area (Å²) in [5, 5.41) is 14.6. The van der Waals surface area contributed by atoms with E-state index in [-0.39, 0.29) is 23.8 Å². The van der Waals surface area contributed by atoms with Crippen LogP contribution in [0.4, 0.5) is 0 Å². The highest BCUT2D eigenvalue weighted by molar-refractivity contribution is 5.87. The number of hydrogen-bond donors (Lipinski definition) is 3. The van der Waals surface area contributed by atoms with Gasteiger partial charge in [0.15, 0.2) is 0 Å². The molecule has 2 rings (SSSR count). The predicted molar refractivity (Wildman–Crippen MR) is 88.4 cm³/mol. The lowest BCUT2D eigenvalue weighted by atomic mass is 9.99. The van der Waals surface area contributed by atoms with E-state index >= 15 is 0 Å². The number of rotatable bonds is 4. The summed E-state index contributed by atoms with van der Waals surface area (Å²) < 4.78 is 0. The van der Waals surface area contributed by atoms with E-state index < -0.39 is 11.6 Å². The van der Waals surface area contributed by atoms with E-state index in [1.54, 1.807) is 13.8 Å². The second-order valence-electron chi connectivity index (χ2n) is 6.08. The van der Waals surface area contributed by atoms with E-state index in [1.165, 1.54) is 0 Å². The molecular formula is C17H22N4O3. The normalized spacial score (nSPS) is 17.5. The topological polar surface area (TPSA) is 115 Å². The Kier molecular flexibility index (Phi) is 5.74. The molecule has 1 aliphatic heterocycles. The van der Waals surface area contributed by atoms with Gasteiger partial charge in [0.2, 0.25) is 11.8 Å². The fraction of sp³-hybridized carbons (Fsp3) is 0.529. The number of amides is 2. The van der Waals surface area contributed by atoms with Crippen LogP contribution in [0.25, 0.3) is 0 Å². The van der Waals surface area contributed by atoms with Gasteiger partial charge in [0.1, 0.15) is 17.7 Å². The zero-order valence-electron chi connectivity index (χ0n) is 14.0. The van der Waals surface area contributed by atoms with Crippen molar-refractivity contribution in [1.82, 2.24) is 15.6 Å². The van der Waals surface area contributed by atoms with Gasteiger partial charge in [-0.1, -0.05) is 0 Å². The van der Waals surface area contributed by atoms with Gasteiger partial charge in [-0.3, -0.25) is 14.4 Å². The smallest absolute Gasteiger partial charge is 0.266 e. The first kappa shape index (κ1) is 17.7. The third kappa shape index (κ3) is 4.02. The first-order valence-corrected chi connectivity index (χ1v) is 8.13. The summed E-state index contributed by atoms with van der Waals surface area (Å²) in [5.41, 5.74) is 1.75. The fourth-order valence-corrected chi connectivity index (χ4v) is 3.00. The van der Waals surface area contributed by atoms with E-state index in [9.17, 15) is 14.4 Å². The molecule has 2 amide bonds. The van der Waals surface area contributed by atoms with E-state index in [0.29, 0.717) is 30.6 Å². The van der Waals surface area contributed by atoms with Gasteiger partial charge < -0.3 is 15.6 Å². The molecular weight excluding hydrogens is 308 g/mol. The third-order valence-corrected chi connectivity index (χ3v) is 4.39. The standard InChI is InChI=1S/C17H22N4O3/c1-10-12(11(2)20-16(23)13(10)9-18)6-7-15(22)21-14-5-3-4-8-19-17(14)24/h14H,3-8H2,1-2H3,(H,19,24)(H,20,23)(H,21,22)/t14-/m0/s1. The number of aromatic nitrogens is 1. The first-order chi connectivity index (χ1) is 11.4. The molecule has 128 valence electrons. The third-order valence-electron chi connectivity index (χ3n) is 4.39. The first-order valence-electron chi connectivity index (χ1n) is 8.13. The number of H-pyrrole nitrogens is 1. The minimum Gasteiger partial charge on any atom is -0.354 e. The van der Waals surface area contributed by atoms with Crippen molar-refractivity contribution in [3.63, 3.8) is 0 Å². The number of nitrogens with one attached hydrogen (secondary N) is 3. The van der Waals surface area contributed by atoms with E-state index in [2.05, 4.69) is 15.6 Å². The van der Waals surface area contributed by atoms with Gasteiger partial charge in [-0.25, -0.2) is 0 Å². The minimum atomic E-state index is -0.479. The van der Waals surface area contributed by atoms with E-state index in [1.807, 2.05) is 6.07 Å². The Bertz CT molecular complexity index is 745. The van der Waals surface area contributed by atoms with Crippen LogP contribution < -0.4 is 16.2 Å². The summed E-state index contributed by atoms with van der Waals surface area (Å²) in [7, 11) is 0. The Balaban J connectivity index is 2.03. The SMILES string of the molecule is Cc1[nH]c(=O)c(C#N)c(C)c1CCC(=O)N[C@H]1CCCCNC1=O. The number of aryl methyl sites for hydroxylation is 1. The maximum atomic E-state index is 12.2. The van der Waals surface area contributed by atoms with Crippen LogP contribution in [0.3, 0.4) is 0 Å². The molecule has 7 heteroatoms. The Morgan fingerprint density at radius 3 is 2.79 bits per heavy atom. The molecule has 1 fully saturated rings. The number of carbonyl (C=O) groups is 2. The average Bonchev–Trinajstić information content (AvgIpc) is 2.72. The lowest BCUT2D eigenvalue weighted by Crippen LogP contribution is -2.45. The molecule has 1 aromatic heterocycles. The Hall–Kier alpha value is -2.62. The molecule has 0 aliphatic carbocycles. The molecule has 1 atom stereocenters. The molecule has 0 bridgehead atoms. The van der Waals surface area contributed by atoms with Crippen LogP contribution in [0.1, 0.15) is 48.1 Å². The van der Waals surface area contributed by atoms with E-state index in [4.69, 9.17) is 5.26 Å². The van der Waals surface area contributed by atoms with Crippen molar-refractivity contribution in [2.24, 2.45) is 0 Å². The Labute approximate surface area is 140 Å². The second kappa shape index (κ2) is 7.77. The van der Waals surface area contributed by atoms with Crippen LogP contribution in [0.2, 0.25) is 0 Å². The van der Waals surface area contributed by atoms with Crippen molar-refractivity contribution in [3.05, 3.63) is 32.7 Å². The molecule has 1 saturated heterocycles. The second-order valence-corrected chi connectivity index (χ2v) is 6.08. The molecule has 24 heavy (non-hydrogen) atoms. The number of nitrogens with zero attached hydrogens (tertiary/aromatic N) is 1. The molecule has 0 saturated carbocycles. The van der Waals surface area contributed by atoms with Crippen molar-refractivity contribution in [1.29, 1.82) is 5.26 Å². The van der Waals surface area contributed by atoms with Gasteiger partial charge in [0.25, 0.3) is 5.56 Å². The molecule has 7 nitrogen and oxygen atoms in total. The highest BCUT2D eigenvalue weighted by atomic mass is 16.2. The Morgan fingerprint density at radius 1 is 1.33 bits per heavy atom. The summed E-state index contributed by atoms with van der Waals surface area (Å²) in [5.74, 6) is -0.343. The fourth-order valence-electron chi connectivity index (χ4n) is 3.00. The number of nitriles is 1. The maximum absolute atomic E-state index is 12.2. The Morgan fingerprint density at radius 2 is 2.08 bits per heavy atom. The van der Waals surface area contributed by atoms with Gasteiger partial charge in [0, 0.05) is 18.7 Å². The maximum Gasteiger partial charge on any atom is 0.266 e. The van der Waals surface area contributed by atoms with Crippen molar-refractivity contribution < 1.29 is 9.59 Å². The predicted octanol–water partition coefficient (Wildman–Crippen LogP) is 0.581. The average molecular weight is 330 g/mol. The largest absolute Gasteiger partial charge is 0.354 e. The quantitative estimate of drug-likeness (QED) is 0.749. The van der Waals surface area contributed by atoms with Gasteiger partial charge in [-0.05, 0) is 50.7 Å². The van der Waals surface area contributed by atoms with Crippen LogP contribution in [0.5, 0.6) is 0 Å². The molecule has 1 aromatic rings. The summed E-state index contributed by atoms with van der Waals surface area (Å²) in [6, 6.07) is 1.42. The van der Waals surface area contributed by atoms with Crippen molar-refractivity contribution in [3.8, 4) is 6.07 Å². The highest BCUT2D eigenvalue weighted by Gasteiger charge is 2.22. The molecule has 0 spiro atoms. The zero-order valence-corrected chi connectivity index (χ0v) is 14.0. The molecule has 0 aromatic carbocycles. The lowest BCUT2D eigenvalue weighted by molar-refractivity contribution is -0.128. The van der Waals surface area contributed by atoms with Crippen LogP contribution in [0.15, 0.2) is 4.79 Å². The van der Waals surface area contributed by atoms with Crippen molar-refractivity contribution in [2.75, 3.05) is 6.54 Å². The lowest BCUT2D eigenvalue weighted by Gasteiger charge is -2.16. The number of hydrogen-bond acceptors (Lipinski definition) is 4.